The summed E-state index contributed by atoms with van der Waals surface area (Å²) >= 11 is 0. The highest BCUT2D eigenvalue weighted by Crippen LogP contribution is 2.47. The average Bonchev–Trinajstić information content (AvgIpc) is 2.90. The molecule has 1 heterocycles. The minimum Gasteiger partial charge on any atom is -0.314 e. The van der Waals surface area contributed by atoms with Crippen LogP contribution in [0.15, 0.2) is 12.4 Å². The summed E-state index contributed by atoms with van der Waals surface area (Å²) in [6.45, 7) is 4.84. The van der Waals surface area contributed by atoms with Crippen molar-refractivity contribution in [3.63, 3.8) is 0 Å². The van der Waals surface area contributed by atoms with Crippen molar-refractivity contribution >= 4 is 0 Å². The van der Waals surface area contributed by atoms with Crippen molar-refractivity contribution in [3.05, 3.63) is 18.0 Å². The highest BCUT2D eigenvalue weighted by Gasteiger charge is 2.41. The van der Waals surface area contributed by atoms with Gasteiger partial charge in [0.1, 0.15) is 0 Å². The zero-order chi connectivity index (χ0) is 11.4. The second-order valence-electron chi connectivity index (χ2n) is 4.79. The van der Waals surface area contributed by atoms with Gasteiger partial charge in [-0.1, -0.05) is 0 Å². The SMILES string of the molecule is Cc1cnn(CCNCC2(CC#N)CC2)c1. The van der Waals surface area contributed by atoms with Crippen LogP contribution in [-0.2, 0) is 6.54 Å². The van der Waals surface area contributed by atoms with Crippen molar-refractivity contribution < 1.29 is 0 Å². The molecule has 1 fully saturated rings. The Balaban J connectivity index is 1.64. The fourth-order valence-electron chi connectivity index (χ4n) is 1.90. The number of hydrogen-bond donors (Lipinski definition) is 1. The Bertz CT molecular complexity index is 384. The highest BCUT2D eigenvalue weighted by molar-refractivity contribution is 5.01. The van der Waals surface area contributed by atoms with Gasteiger partial charge in [-0.3, -0.25) is 4.68 Å². The van der Waals surface area contributed by atoms with Crippen LogP contribution in [0.3, 0.4) is 0 Å². The third kappa shape index (κ3) is 2.83. The van der Waals surface area contributed by atoms with Crippen LogP contribution in [0.2, 0.25) is 0 Å². The summed E-state index contributed by atoms with van der Waals surface area (Å²) in [5, 5.41) is 16.3. The normalized spacial score (nSPS) is 17.0. The van der Waals surface area contributed by atoms with E-state index >= 15 is 0 Å². The van der Waals surface area contributed by atoms with E-state index < -0.39 is 0 Å². The molecule has 1 aliphatic carbocycles. The fraction of sp³-hybridized carbons (Fsp3) is 0.667. The highest BCUT2D eigenvalue weighted by atomic mass is 15.3. The summed E-state index contributed by atoms with van der Waals surface area (Å²) in [5.41, 5.74) is 1.50. The van der Waals surface area contributed by atoms with E-state index in [0.29, 0.717) is 11.8 Å². The number of aryl methyl sites for hydroxylation is 1. The summed E-state index contributed by atoms with van der Waals surface area (Å²) in [5.74, 6) is 0. The Morgan fingerprint density at radius 3 is 3.00 bits per heavy atom. The molecule has 0 atom stereocenters. The molecule has 4 heteroatoms. The summed E-state index contributed by atoms with van der Waals surface area (Å²) in [7, 11) is 0. The standard InChI is InChI=1S/C12H18N4/c1-11-8-15-16(9-11)7-6-14-10-12(2-3-12)4-5-13/h8-9,14H,2-4,6-7,10H2,1H3. The number of aromatic nitrogens is 2. The Kier molecular flexibility index (Phi) is 3.25. The second-order valence-corrected chi connectivity index (χ2v) is 4.79. The largest absolute Gasteiger partial charge is 0.314 e. The Morgan fingerprint density at radius 1 is 1.62 bits per heavy atom. The third-order valence-corrected chi connectivity index (χ3v) is 3.19. The van der Waals surface area contributed by atoms with Crippen LogP contribution in [0, 0.1) is 23.7 Å². The maximum atomic E-state index is 8.69. The molecule has 1 saturated carbocycles. The molecular formula is C12H18N4. The lowest BCUT2D eigenvalue weighted by Crippen LogP contribution is -2.27. The van der Waals surface area contributed by atoms with E-state index in [1.807, 2.05) is 24.0 Å². The van der Waals surface area contributed by atoms with Gasteiger partial charge in [0.15, 0.2) is 0 Å². The minimum absolute atomic E-state index is 0.300. The smallest absolute Gasteiger partial charge is 0.0628 e. The van der Waals surface area contributed by atoms with E-state index in [1.54, 1.807) is 0 Å². The summed E-state index contributed by atoms with van der Waals surface area (Å²) in [4.78, 5) is 0. The first-order valence-electron chi connectivity index (χ1n) is 5.81. The van der Waals surface area contributed by atoms with Crippen LogP contribution in [0.4, 0.5) is 0 Å². The summed E-state index contributed by atoms with van der Waals surface area (Å²) < 4.78 is 1.95. The van der Waals surface area contributed by atoms with Gasteiger partial charge in [0.05, 0.1) is 18.8 Å². The maximum absolute atomic E-state index is 8.69. The van der Waals surface area contributed by atoms with Gasteiger partial charge in [0.2, 0.25) is 0 Å². The minimum atomic E-state index is 0.300. The number of hydrogen-bond acceptors (Lipinski definition) is 3. The number of rotatable bonds is 6. The molecule has 0 aliphatic heterocycles. The molecule has 0 unspecified atom stereocenters. The Morgan fingerprint density at radius 2 is 2.44 bits per heavy atom. The van der Waals surface area contributed by atoms with E-state index in [-0.39, 0.29) is 0 Å². The molecular weight excluding hydrogens is 200 g/mol. The summed E-state index contributed by atoms with van der Waals surface area (Å²) in [6.07, 6.45) is 7.02. The van der Waals surface area contributed by atoms with Crippen molar-refractivity contribution in [2.24, 2.45) is 5.41 Å². The molecule has 0 saturated heterocycles. The van der Waals surface area contributed by atoms with Crippen LogP contribution in [0.25, 0.3) is 0 Å². The zero-order valence-corrected chi connectivity index (χ0v) is 9.74. The van der Waals surface area contributed by atoms with Crippen molar-refractivity contribution in [3.8, 4) is 6.07 Å². The maximum Gasteiger partial charge on any atom is 0.0628 e. The monoisotopic (exact) mass is 218 g/mol. The number of nitrogens with zero attached hydrogens (tertiary/aromatic N) is 3. The van der Waals surface area contributed by atoms with Crippen LogP contribution in [0.5, 0.6) is 0 Å². The Hall–Kier alpha value is -1.34. The molecule has 0 amide bonds. The van der Waals surface area contributed by atoms with Crippen molar-refractivity contribution in [1.29, 1.82) is 5.26 Å². The van der Waals surface area contributed by atoms with Crippen LogP contribution < -0.4 is 5.32 Å². The van der Waals surface area contributed by atoms with Gasteiger partial charge in [-0.15, -0.1) is 0 Å². The lowest BCUT2D eigenvalue weighted by atomic mass is 10.0. The molecule has 0 spiro atoms. The predicted molar refractivity (Wildman–Crippen MR) is 61.7 cm³/mol. The average molecular weight is 218 g/mol. The molecule has 2 rings (SSSR count). The molecule has 0 bridgehead atoms. The van der Waals surface area contributed by atoms with Crippen LogP contribution in [-0.4, -0.2) is 22.9 Å². The molecule has 1 aromatic heterocycles. The molecule has 16 heavy (non-hydrogen) atoms. The van der Waals surface area contributed by atoms with Gasteiger partial charge in [-0.2, -0.15) is 10.4 Å². The van der Waals surface area contributed by atoms with Crippen molar-refractivity contribution in [2.45, 2.75) is 32.7 Å². The second kappa shape index (κ2) is 4.67. The van der Waals surface area contributed by atoms with Gasteiger partial charge >= 0.3 is 0 Å². The predicted octanol–water partition coefficient (Wildman–Crippen LogP) is 1.47. The molecule has 0 aromatic carbocycles. The van der Waals surface area contributed by atoms with Crippen LogP contribution in [0.1, 0.15) is 24.8 Å². The van der Waals surface area contributed by atoms with E-state index in [0.717, 1.165) is 19.6 Å². The topological polar surface area (TPSA) is 53.6 Å². The third-order valence-electron chi connectivity index (χ3n) is 3.19. The van der Waals surface area contributed by atoms with E-state index in [2.05, 4.69) is 16.5 Å². The first-order valence-corrected chi connectivity index (χ1v) is 5.81. The van der Waals surface area contributed by atoms with Gasteiger partial charge in [0.25, 0.3) is 0 Å². The zero-order valence-electron chi connectivity index (χ0n) is 9.74. The fourth-order valence-corrected chi connectivity index (χ4v) is 1.90. The first-order chi connectivity index (χ1) is 7.74. The molecule has 4 nitrogen and oxygen atoms in total. The van der Waals surface area contributed by atoms with Crippen LogP contribution >= 0.6 is 0 Å². The van der Waals surface area contributed by atoms with Gasteiger partial charge in [0, 0.05) is 25.7 Å². The molecule has 86 valence electrons. The number of nitrogens with one attached hydrogen (secondary N) is 1. The van der Waals surface area contributed by atoms with Crippen molar-refractivity contribution in [1.82, 2.24) is 15.1 Å². The lowest BCUT2D eigenvalue weighted by molar-refractivity contribution is 0.449. The molecule has 0 radical (unpaired) electrons. The molecule has 1 aliphatic rings. The van der Waals surface area contributed by atoms with E-state index in [1.165, 1.54) is 18.4 Å². The lowest BCUT2D eigenvalue weighted by Gasteiger charge is -2.11. The molecule has 1 aromatic rings. The van der Waals surface area contributed by atoms with Gasteiger partial charge in [-0.25, -0.2) is 0 Å². The Labute approximate surface area is 96.3 Å². The van der Waals surface area contributed by atoms with E-state index in [9.17, 15) is 0 Å². The van der Waals surface area contributed by atoms with Crippen molar-refractivity contribution in [2.75, 3.05) is 13.1 Å². The quantitative estimate of drug-likeness (QED) is 0.736. The van der Waals surface area contributed by atoms with Gasteiger partial charge < -0.3 is 5.32 Å². The van der Waals surface area contributed by atoms with Gasteiger partial charge in [-0.05, 0) is 30.7 Å². The molecule has 1 N–H and O–H groups in total. The number of nitriles is 1. The summed E-state index contributed by atoms with van der Waals surface area (Å²) in [6, 6.07) is 2.27. The van der Waals surface area contributed by atoms with E-state index in [4.69, 9.17) is 5.26 Å². The first kappa shape index (κ1) is 11.2.